The minimum Gasteiger partial charge on any atom is -0.480 e. The number of aryl methyl sites for hydroxylation is 2. The van der Waals surface area contributed by atoms with Gasteiger partial charge in [-0.15, -0.1) is 0 Å². The Hall–Kier alpha value is -2.83. The van der Waals surface area contributed by atoms with Crippen molar-refractivity contribution in [2.24, 2.45) is 0 Å². The predicted octanol–water partition coefficient (Wildman–Crippen LogP) is 1.78. The molecule has 1 aliphatic heterocycles. The van der Waals surface area contributed by atoms with Crippen molar-refractivity contribution in [2.45, 2.75) is 39.7 Å². The van der Waals surface area contributed by atoms with Crippen LogP contribution in [0.2, 0.25) is 0 Å². The van der Waals surface area contributed by atoms with Crippen LogP contribution in [-0.2, 0) is 16.0 Å². The third-order valence-electron chi connectivity index (χ3n) is 4.72. The number of hydrogen-bond acceptors (Lipinski definition) is 5. The first kappa shape index (κ1) is 18.9. The fourth-order valence-corrected chi connectivity index (χ4v) is 3.34. The molecule has 1 aromatic carbocycles. The summed E-state index contributed by atoms with van der Waals surface area (Å²) in [5.74, 6) is 0.0704. The Kier molecular flexibility index (Phi) is 5.48. The van der Waals surface area contributed by atoms with Gasteiger partial charge >= 0.3 is 5.63 Å². The Morgan fingerprint density at radius 1 is 1.37 bits per heavy atom. The summed E-state index contributed by atoms with van der Waals surface area (Å²) in [6.07, 6.45) is 0.955. The largest absolute Gasteiger partial charge is 0.480 e. The van der Waals surface area contributed by atoms with Crippen LogP contribution >= 0.6 is 0 Å². The predicted molar refractivity (Wildman–Crippen MR) is 101 cm³/mol. The summed E-state index contributed by atoms with van der Waals surface area (Å²) in [4.78, 5) is 37.4. The van der Waals surface area contributed by atoms with Crippen LogP contribution in [0.5, 0.6) is 5.75 Å². The molecule has 1 aromatic heterocycles. The molecule has 1 unspecified atom stereocenters. The molecule has 3 rings (SSSR count). The number of amides is 2. The Bertz CT molecular complexity index is 934. The quantitative estimate of drug-likeness (QED) is 0.808. The van der Waals surface area contributed by atoms with E-state index >= 15 is 0 Å². The Morgan fingerprint density at radius 3 is 2.85 bits per heavy atom. The highest BCUT2D eigenvalue weighted by atomic mass is 16.5. The maximum atomic E-state index is 12.6. The SMILES string of the molecule is CCCc1cc(=O)oc2c(C)c(OC(C)C(=O)N3CCNC(=O)C3)ccc12. The minimum absolute atomic E-state index is 0.0402. The molecule has 2 heterocycles. The summed E-state index contributed by atoms with van der Waals surface area (Å²) in [5.41, 5.74) is 1.72. The van der Waals surface area contributed by atoms with Crippen molar-refractivity contribution >= 4 is 22.8 Å². The molecule has 1 aliphatic rings. The summed E-state index contributed by atoms with van der Waals surface area (Å²) in [6, 6.07) is 5.18. The van der Waals surface area contributed by atoms with Crippen molar-refractivity contribution in [3.8, 4) is 5.75 Å². The molecular weight excluding hydrogens is 348 g/mol. The molecule has 0 spiro atoms. The molecule has 7 nitrogen and oxygen atoms in total. The highest BCUT2D eigenvalue weighted by molar-refractivity contribution is 5.88. The van der Waals surface area contributed by atoms with E-state index in [1.807, 2.05) is 13.0 Å². The van der Waals surface area contributed by atoms with Gasteiger partial charge in [-0.25, -0.2) is 4.79 Å². The maximum Gasteiger partial charge on any atom is 0.336 e. The Balaban J connectivity index is 1.86. The normalized spacial score (nSPS) is 15.5. The molecule has 2 amide bonds. The first-order chi connectivity index (χ1) is 12.9. The smallest absolute Gasteiger partial charge is 0.336 e. The summed E-state index contributed by atoms with van der Waals surface area (Å²) < 4.78 is 11.3. The number of fused-ring (bicyclic) bond motifs is 1. The van der Waals surface area contributed by atoms with Gasteiger partial charge in [0.2, 0.25) is 5.91 Å². The first-order valence-electron chi connectivity index (χ1n) is 9.19. The van der Waals surface area contributed by atoms with Gasteiger partial charge in [0.05, 0.1) is 6.54 Å². The van der Waals surface area contributed by atoms with Gasteiger partial charge < -0.3 is 19.4 Å². The van der Waals surface area contributed by atoms with Gasteiger partial charge in [-0.3, -0.25) is 9.59 Å². The Morgan fingerprint density at radius 2 is 2.15 bits per heavy atom. The first-order valence-corrected chi connectivity index (χ1v) is 9.19. The molecule has 0 aliphatic carbocycles. The number of nitrogens with zero attached hydrogens (tertiary/aromatic N) is 1. The van der Waals surface area contributed by atoms with Crippen molar-refractivity contribution < 1.29 is 18.7 Å². The van der Waals surface area contributed by atoms with Crippen LogP contribution in [0.3, 0.4) is 0 Å². The molecule has 1 saturated heterocycles. The van der Waals surface area contributed by atoms with Gasteiger partial charge in [0.1, 0.15) is 11.3 Å². The summed E-state index contributed by atoms with van der Waals surface area (Å²) in [6.45, 7) is 6.46. The lowest BCUT2D eigenvalue weighted by atomic mass is 10.0. The summed E-state index contributed by atoms with van der Waals surface area (Å²) >= 11 is 0. The third kappa shape index (κ3) is 3.97. The molecule has 0 radical (unpaired) electrons. The third-order valence-corrected chi connectivity index (χ3v) is 4.72. The van der Waals surface area contributed by atoms with Gasteiger partial charge in [0.25, 0.3) is 5.91 Å². The van der Waals surface area contributed by atoms with Crippen molar-refractivity contribution in [3.63, 3.8) is 0 Å². The number of hydrogen-bond donors (Lipinski definition) is 1. The Labute approximate surface area is 157 Å². The average Bonchev–Trinajstić information content (AvgIpc) is 2.64. The van der Waals surface area contributed by atoms with Gasteiger partial charge in [0.15, 0.2) is 6.10 Å². The lowest BCUT2D eigenvalue weighted by Gasteiger charge is -2.29. The number of nitrogens with one attached hydrogen (secondary N) is 1. The molecule has 27 heavy (non-hydrogen) atoms. The van der Waals surface area contributed by atoms with E-state index in [-0.39, 0.29) is 18.4 Å². The zero-order chi connectivity index (χ0) is 19.6. The van der Waals surface area contributed by atoms with Gasteiger partial charge in [-0.2, -0.15) is 0 Å². The van der Waals surface area contributed by atoms with Crippen LogP contribution in [0.25, 0.3) is 11.0 Å². The van der Waals surface area contributed by atoms with E-state index in [0.29, 0.717) is 30.0 Å². The number of ether oxygens (including phenoxy) is 1. The lowest BCUT2D eigenvalue weighted by molar-refractivity contribution is -0.143. The monoisotopic (exact) mass is 372 g/mol. The zero-order valence-electron chi connectivity index (χ0n) is 15.8. The van der Waals surface area contributed by atoms with Crippen LogP contribution in [0.1, 0.15) is 31.4 Å². The molecule has 144 valence electrons. The van der Waals surface area contributed by atoms with E-state index in [1.54, 1.807) is 13.0 Å². The van der Waals surface area contributed by atoms with E-state index in [2.05, 4.69) is 12.2 Å². The van der Waals surface area contributed by atoms with Crippen molar-refractivity contribution in [3.05, 3.63) is 39.7 Å². The molecule has 2 aromatic rings. The second-order valence-corrected chi connectivity index (χ2v) is 6.78. The van der Waals surface area contributed by atoms with Crippen molar-refractivity contribution in [2.75, 3.05) is 19.6 Å². The lowest BCUT2D eigenvalue weighted by Crippen LogP contribution is -2.53. The van der Waals surface area contributed by atoms with Crippen LogP contribution in [0.15, 0.2) is 27.4 Å². The molecule has 7 heteroatoms. The van der Waals surface area contributed by atoms with Gasteiger partial charge in [-0.1, -0.05) is 13.3 Å². The average molecular weight is 372 g/mol. The van der Waals surface area contributed by atoms with Crippen LogP contribution in [-0.4, -0.2) is 42.5 Å². The van der Waals surface area contributed by atoms with Crippen molar-refractivity contribution in [1.82, 2.24) is 10.2 Å². The van der Waals surface area contributed by atoms with E-state index in [4.69, 9.17) is 9.15 Å². The number of piperazine rings is 1. The summed E-state index contributed by atoms with van der Waals surface area (Å²) in [5, 5.41) is 3.57. The highest BCUT2D eigenvalue weighted by Crippen LogP contribution is 2.29. The molecule has 0 saturated carbocycles. The van der Waals surface area contributed by atoms with E-state index in [1.165, 1.54) is 11.0 Å². The highest BCUT2D eigenvalue weighted by Gasteiger charge is 2.27. The number of carbonyl (C=O) groups excluding carboxylic acids is 2. The second-order valence-electron chi connectivity index (χ2n) is 6.78. The molecule has 1 fully saturated rings. The number of carbonyl (C=O) groups is 2. The minimum atomic E-state index is -0.752. The van der Waals surface area contributed by atoms with Gasteiger partial charge in [0, 0.05) is 30.1 Å². The second kappa shape index (κ2) is 7.82. The van der Waals surface area contributed by atoms with Crippen LogP contribution in [0.4, 0.5) is 0 Å². The van der Waals surface area contributed by atoms with Crippen LogP contribution < -0.4 is 15.7 Å². The summed E-state index contributed by atoms with van der Waals surface area (Å²) in [7, 11) is 0. The van der Waals surface area contributed by atoms with Crippen LogP contribution in [0, 0.1) is 6.92 Å². The molecule has 1 N–H and O–H groups in total. The maximum absolute atomic E-state index is 12.6. The van der Waals surface area contributed by atoms with E-state index in [0.717, 1.165) is 23.8 Å². The molecule has 0 bridgehead atoms. The zero-order valence-corrected chi connectivity index (χ0v) is 15.8. The topological polar surface area (TPSA) is 88.8 Å². The molecule has 1 atom stereocenters. The molecular formula is C20H24N2O5. The number of rotatable bonds is 5. The number of benzene rings is 1. The van der Waals surface area contributed by atoms with Crippen molar-refractivity contribution in [1.29, 1.82) is 0 Å². The fourth-order valence-electron chi connectivity index (χ4n) is 3.34. The van der Waals surface area contributed by atoms with E-state index < -0.39 is 11.7 Å². The van der Waals surface area contributed by atoms with Gasteiger partial charge in [-0.05, 0) is 38.0 Å². The standard InChI is InChI=1S/C20H24N2O5/c1-4-5-14-10-18(24)27-19-12(2)16(7-6-15(14)19)26-13(3)20(25)22-9-8-21-17(23)11-22/h6-7,10,13H,4-5,8-9,11H2,1-3H3,(H,21,23). The van der Waals surface area contributed by atoms with E-state index in [9.17, 15) is 14.4 Å². The fraction of sp³-hybridized carbons (Fsp3) is 0.450.